The van der Waals surface area contributed by atoms with E-state index in [2.05, 4.69) is 10.9 Å². The number of aromatic hydroxyl groups is 1. The minimum Gasteiger partial charge on any atom is -0.507 e. The number of hydrogen-bond acceptors (Lipinski definition) is 3. The van der Waals surface area contributed by atoms with Crippen LogP contribution in [0.3, 0.4) is 0 Å². The Morgan fingerprint density at radius 3 is 2.30 bits per heavy atom. The minimum atomic E-state index is -0.516. The summed E-state index contributed by atoms with van der Waals surface area (Å²) in [4.78, 5) is 24.3. The molecule has 1 aliphatic rings. The molecule has 23 heavy (non-hydrogen) atoms. The molecule has 5 nitrogen and oxygen atoms in total. The summed E-state index contributed by atoms with van der Waals surface area (Å²) < 4.78 is 0. The highest BCUT2D eigenvalue weighted by Crippen LogP contribution is 2.25. The monoisotopic (exact) mass is 312 g/mol. The molecule has 0 aliphatic heterocycles. The van der Waals surface area contributed by atoms with Crippen LogP contribution < -0.4 is 10.9 Å². The number of rotatable bonds is 2. The van der Waals surface area contributed by atoms with Crippen molar-refractivity contribution in [1.82, 2.24) is 10.9 Å². The van der Waals surface area contributed by atoms with Crippen LogP contribution in [0.4, 0.5) is 0 Å². The Labute approximate surface area is 134 Å². The normalized spacial score (nSPS) is 15.3. The summed E-state index contributed by atoms with van der Waals surface area (Å²) in [6.45, 7) is 0. The third-order valence-corrected chi connectivity index (χ3v) is 4.38. The molecule has 5 heteroatoms. The smallest absolute Gasteiger partial charge is 0.273 e. The van der Waals surface area contributed by atoms with E-state index < -0.39 is 5.91 Å². The average Bonchev–Trinajstić information content (AvgIpc) is 2.59. The van der Waals surface area contributed by atoms with Crippen LogP contribution in [-0.2, 0) is 4.79 Å². The first-order chi connectivity index (χ1) is 11.1. The molecule has 1 saturated carbocycles. The minimum absolute atomic E-state index is 0.0331. The van der Waals surface area contributed by atoms with Gasteiger partial charge in [-0.25, -0.2) is 0 Å². The molecule has 3 N–H and O–H groups in total. The van der Waals surface area contributed by atoms with Crippen LogP contribution in [0, 0.1) is 5.92 Å². The molecule has 2 amide bonds. The quantitative estimate of drug-likeness (QED) is 0.746. The van der Waals surface area contributed by atoms with E-state index in [0.29, 0.717) is 0 Å². The van der Waals surface area contributed by atoms with Gasteiger partial charge in [-0.15, -0.1) is 0 Å². The molecule has 0 saturated heterocycles. The summed E-state index contributed by atoms with van der Waals surface area (Å²) in [5, 5.41) is 11.7. The van der Waals surface area contributed by atoms with Gasteiger partial charge in [0.15, 0.2) is 0 Å². The fourth-order valence-electron chi connectivity index (χ4n) is 3.06. The van der Waals surface area contributed by atoms with Crippen molar-refractivity contribution in [1.29, 1.82) is 0 Å². The molecule has 2 aromatic rings. The lowest BCUT2D eigenvalue weighted by Crippen LogP contribution is -2.45. The van der Waals surface area contributed by atoms with Gasteiger partial charge < -0.3 is 5.11 Å². The van der Waals surface area contributed by atoms with E-state index in [4.69, 9.17) is 0 Å². The number of carbonyl (C=O) groups is 2. The second-order valence-corrected chi connectivity index (χ2v) is 5.99. The van der Waals surface area contributed by atoms with Gasteiger partial charge in [-0.2, -0.15) is 0 Å². The molecule has 0 radical (unpaired) electrons. The molecule has 0 spiro atoms. The lowest BCUT2D eigenvalue weighted by atomic mass is 9.89. The maximum Gasteiger partial charge on any atom is 0.273 e. The van der Waals surface area contributed by atoms with Gasteiger partial charge in [-0.3, -0.25) is 20.4 Å². The van der Waals surface area contributed by atoms with Crippen molar-refractivity contribution in [2.75, 3.05) is 0 Å². The lowest BCUT2D eigenvalue weighted by molar-refractivity contribution is -0.126. The molecule has 0 bridgehead atoms. The van der Waals surface area contributed by atoms with Gasteiger partial charge in [0, 0.05) is 5.92 Å². The number of benzene rings is 2. The van der Waals surface area contributed by atoms with Gasteiger partial charge >= 0.3 is 0 Å². The van der Waals surface area contributed by atoms with E-state index in [1.807, 2.05) is 24.3 Å². The van der Waals surface area contributed by atoms with Gasteiger partial charge in [0.2, 0.25) is 5.91 Å². The summed E-state index contributed by atoms with van der Waals surface area (Å²) in [7, 11) is 0. The lowest BCUT2D eigenvalue weighted by Gasteiger charge is -2.20. The number of amides is 2. The van der Waals surface area contributed by atoms with Gasteiger partial charge in [0.05, 0.1) is 5.56 Å². The van der Waals surface area contributed by atoms with Crippen molar-refractivity contribution in [3.63, 3.8) is 0 Å². The fraction of sp³-hybridized carbons (Fsp3) is 0.333. The zero-order chi connectivity index (χ0) is 16.2. The predicted octanol–water partition coefficient (Wildman–Crippen LogP) is 2.89. The molecule has 0 unspecified atom stereocenters. The molecule has 1 fully saturated rings. The Bertz CT molecular complexity index is 736. The van der Waals surface area contributed by atoms with Crippen LogP contribution in [0.25, 0.3) is 10.8 Å². The zero-order valence-electron chi connectivity index (χ0n) is 12.8. The van der Waals surface area contributed by atoms with E-state index in [1.54, 1.807) is 12.1 Å². The maximum atomic E-state index is 12.2. The van der Waals surface area contributed by atoms with Gasteiger partial charge in [0.25, 0.3) is 5.91 Å². The third-order valence-electron chi connectivity index (χ3n) is 4.38. The molecule has 0 aromatic heterocycles. The van der Waals surface area contributed by atoms with Crippen molar-refractivity contribution in [3.8, 4) is 5.75 Å². The van der Waals surface area contributed by atoms with Crippen molar-refractivity contribution in [3.05, 3.63) is 42.0 Å². The van der Waals surface area contributed by atoms with Gasteiger partial charge in [-0.05, 0) is 35.7 Å². The largest absolute Gasteiger partial charge is 0.507 e. The van der Waals surface area contributed by atoms with E-state index in [0.717, 1.165) is 36.5 Å². The topological polar surface area (TPSA) is 78.4 Å². The van der Waals surface area contributed by atoms with Crippen molar-refractivity contribution >= 4 is 22.6 Å². The Balaban J connectivity index is 1.68. The number of phenolic OH excluding ortho intramolecular Hbond substituents is 1. The van der Waals surface area contributed by atoms with Crippen molar-refractivity contribution < 1.29 is 14.7 Å². The summed E-state index contributed by atoms with van der Waals surface area (Å²) >= 11 is 0. The van der Waals surface area contributed by atoms with Crippen LogP contribution in [-0.4, -0.2) is 16.9 Å². The molecule has 0 atom stereocenters. The molecule has 0 heterocycles. The first-order valence-electron chi connectivity index (χ1n) is 7.97. The predicted molar refractivity (Wildman–Crippen MR) is 87.8 cm³/mol. The summed E-state index contributed by atoms with van der Waals surface area (Å²) in [6.07, 6.45) is 5.00. The first-order valence-corrected chi connectivity index (χ1v) is 7.97. The van der Waals surface area contributed by atoms with Crippen LogP contribution >= 0.6 is 0 Å². The Kier molecular flexibility index (Phi) is 4.46. The Morgan fingerprint density at radius 1 is 0.957 bits per heavy atom. The Hall–Kier alpha value is -2.56. The van der Waals surface area contributed by atoms with Gasteiger partial charge in [-0.1, -0.05) is 43.5 Å². The molecule has 3 rings (SSSR count). The highest BCUT2D eigenvalue weighted by atomic mass is 16.3. The average molecular weight is 312 g/mol. The molecular weight excluding hydrogens is 292 g/mol. The number of hydrazine groups is 1. The number of hydrogen-bond donors (Lipinski definition) is 3. The highest BCUT2D eigenvalue weighted by molar-refractivity contribution is 6.02. The fourth-order valence-corrected chi connectivity index (χ4v) is 3.06. The molecule has 2 aromatic carbocycles. The standard InChI is InChI=1S/C18H20N2O3/c21-16-11-14-9-5-4-8-13(14)10-15(16)18(23)20-19-17(22)12-6-2-1-3-7-12/h4-5,8-12,21H,1-3,6-7H2,(H,19,22)(H,20,23). The summed E-state index contributed by atoms with van der Waals surface area (Å²) in [6, 6.07) is 10.6. The van der Waals surface area contributed by atoms with Crippen LogP contribution in [0.15, 0.2) is 36.4 Å². The summed E-state index contributed by atoms with van der Waals surface area (Å²) in [5.41, 5.74) is 5.03. The number of nitrogens with one attached hydrogen (secondary N) is 2. The summed E-state index contributed by atoms with van der Waals surface area (Å²) in [5.74, 6) is -0.807. The van der Waals surface area contributed by atoms with Gasteiger partial charge in [0.1, 0.15) is 5.75 Å². The first kappa shape index (κ1) is 15.3. The number of carbonyl (C=O) groups excluding carboxylic acids is 2. The second kappa shape index (κ2) is 6.69. The SMILES string of the molecule is O=C(NNC(=O)C1CCCCC1)c1cc2ccccc2cc1O. The highest BCUT2D eigenvalue weighted by Gasteiger charge is 2.22. The Morgan fingerprint density at radius 2 is 1.61 bits per heavy atom. The number of fused-ring (bicyclic) bond motifs is 1. The molecular formula is C18H20N2O3. The molecule has 1 aliphatic carbocycles. The van der Waals surface area contributed by atoms with Crippen LogP contribution in [0.2, 0.25) is 0 Å². The zero-order valence-corrected chi connectivity index (χ0v) is 12.8. The van der Waals surface area contributed by atoms with Crippen LogP contribution in [0.5, 0.6) is 5.75 Å². The van der Waals surface area contributed by atoms with Crippen LogP contribution in [0.1, 0.15) is 42.5 Å². The number of phenols is 1. The van der Waals surface area contributed by atoms with E-state index in [-0.39, 0.29) is 23.1 Å². The molecule has 120 valence electrons. The van der Waals surface area contributed by atoms with E-state index >= 15 is 0 Å². The van der Waals surface area contributed by atoms with E-state index in [9.17, 15) is 14.7 Å². The second-order valence-electron chi connectivity index (χ2n) is 5.99. The third kappa shape index (κ3) is 3.44. The maximum absolute atomic E-state index is 12.2. The van der Waals surface area contributed by atoms with Crippen molar-refractivity contribution in [2.24, 2.45) is 5.92 Å². The van der Waals surface area contributed by atoms with E-state index in [1.165, 1.54) is 6.42 Å². The van der Waals surface area contributed by atoms with Crippen molar-refractivity contribution in [2.45, 2.75) is 32.1 Å².